The Labute approximate surface area is 121 Å². The van der Waals surface area contributed by atoms with Gasteiger partial charge >= 0.3 is 0 Å². The quantitative estimate of drug-likeness (QED) is 0.875. The number of nitrogens with zero attached hydrogens (tertiary/aromatic N) is 2. The maximum absolute atomic E-state index is 13.4. The summed E-state index contributed by atoms with van der Waals surface area (Å²) in [6.07, 6.45) is 3.79. The third-order valence-corrected chi connectivity index (χ3v) is 4.11. The van der Waals surface area contributed by atoms with Crippen molar-refractivity contribution in [3.05, 3.63) is 35.4 Å². The Bertz CT molecular complexity index is 550. The van der Waals surface area contributed by atoms with Crippen LogP contribution in [0.2, 0.25) is 0 Å². The van der Waals surface area contributed by atoms with Crippen molar-refractivity contribution in [2.24, 2.45) is 11.0 Å². The molecule has 1 atom stereocenters. The van der Waals surface area contributed by atoms with Crippen molar-refractivity contribution in [2.75, 3.05) is 13.1 Å². The lowest BCUT2D eigenvalue weighted by Crippen LogP contribution is -2.86. The number of quaternary nitrogens is 1. The van der Waals surface area contributed by atoms with Gasteiger partial charge in [0, 0.05) is 31.5 Å². The van der Waals surface area contributed by atoms with Gasteiger partial charge in [0.05, 0.1) is 25.0 Å². The fourth-order valence-electron chi connectivity index (χ4n) is 3.03. The molecule has 2 heterocycles. The highest BCUT2D eigenvalue weighted by Gasteiger charge is 2.34. The van der Waals surface area contributed by atoms with Gasteiger partial charge in [-0.2, -0.15) is 5.10 Å². The standard InChI is InChI=1S/C15H17F2N3O/c16-12-7-11(8-13(17)9-12)14-3-6-19-20(14)15(21)10-1-4-18-5-2-10/h6-10,14,18H,1-5H2/p+1/t14-/m0/s1. The summed E-state index contributed by atoms with van der Waals surface area (Å²) in [6, 6.07) is 2.99. The molecule has 2 aliphatic heterocycles. The van der Waals surface area contributed by atoms with E-state index in [1.165, 1.54) is 17.1 Å². The summed E-state index contributed by atoms with van der Waals surface area (Å²) < 4.78 is 26.8. The van der Waals surface area contributed by atoms with Gasteiger partial charge in [-0.05, 0) is 17.7 Å². The van der Waals surface area contributed by atoms with Crippen LogP contribution in [-0.4, -0.2) is 30.2 Å². The van der Waals surface area contributed by atoms with Gasteiger partial charge in [-0.25, -0.2) is 13.8 Å². The monoisotopic (exact) mass is 294 g/mol. The molecular weight excluding hydrogens is 276 g/mol. The number of carbonyl (C=O) groups is 1. The van der Waals surface area contributed by atoms with E-state index in [9.17, 15) is 13.6 Å². The number of hydrazone groups is 1. The first-order valence-electron chi connectivity index (χ1n) is 7.28. The molecule has 1 aromatic rings. The van der Waals surface area contributed by atoms with Crippen LogP contribution in [0.1, 0.15) is 30.9 Å². The van der Waals surface area contributed by atoms with E-state index in [2.05, 4.69) is 10.4 Å². The first-order valence-corrected chi connectivity index (χ1v) is 7.28. The summed E-state index contributed by atoms with van der Waals surface area (Å²) in [7, 11) is 0. The third kappa shape index (κ3) is 2.95. The molecule has 0 saturated carbocycles. The van der Waals surface area contributed by atoms with Crippen LogP contribution in [0.4, 0.5) is 8.78 Å². The summed E-state index contributed by atoms with van der Waals surface area (Å²) in [5, 5.41) is 7.73. The second-order valence-electron chi connectivity index (χ2n) is 5.58. The molecule has 2 aliphatic rings. The van der Waals surface area contributed by atoms with Crippen molar-refractivity contribution in [1.82, 2.24) is 5.01 Å². The molecule has 1 amide bonds. The predicted octanol–water partition coefficient (Wildman–Crippen LogP) is 1.20. The van der Waals surface area contributed by atoms with E-state index < -0.39 is 17.7 Å². The van der Waals surface area contributed by atoms with Gasteiger partial charge in [0.2, 0.25) is 5.91 Å². The van der Waals surface area contributed by atoms with Crippen molar-refractivity contribution in [1.29, 1.82) is 0 Å². The summed E-state index contributed by atoms with van der Waals surface area (Å²) in [5.41, 5.74) is 0.459. The lowest BCUT2D eigenvalue weighted by molar-refractivity contribution is -0.664. The van der Waals surface area contributed by atoms with Gasteiger partial charge in [0.25, 0.3) is 0 Å². The summed E-state index contributed by atoms with van der Waals surface area (Å²) in [4.78, 5) is 12.6. The molecule has 0 spiro atoms. The molecule has 1 fully saturated rings. The zero-order valence-corrected chi connectivity index (χ0v) is 11.6. The van der Waals surface area contributed by atoms with Crippen LogP contribution in [0.25, 0.3) is 0 Å². The second-order valence-corrected chi connectivity index (χ2v) is 5.58. The molecule has 0 bridgehead atoms. The molecule has 0 aliphatic carbocycles. The van der Waals surface area contributed by atoms with Crippen molar-refractivity contribution in [3.63, 3.8) is 0 Å². The van der Waals surface area contributed by atoms with Crippen molar-refractivity contribution >= 4 is 12.1 Å². The Hall–Kier alpha value is -1.82. The van der Waals surface area contributed by atoms with E-state index in [0.717, 1.165) is 32.0 Å². The van der Waals surface area contributed by atoms with Crippen LogP contribution in [0.5, 0.6) is 0 Å². The maximum atomic E-state index is 13.4. The SMILES string of the molecule is O=C(C1CC[NH2+]CC1)N1N=CC[C@H]1c1cc(F)cc(F)c1. The maximum Gasteiger partial charge on any atom is 0.246 e. The molecule has 4 nitrogen and oxygen atoms in total. The van der Waals surface area contributed by atoms with Crippen LogP contribution in [-0.2, 0) is 4.79 Å². The summed E-state index contributed by atoms with van der Waals surface area (Å²) >= 11 is 0. The number of benzene rings is 1. The van der Waals surface area contributed by atoms with E-state index in [1.807, 2.05) is 0 Å². The molecule has 2 N–H and O–H groups in total. The van der Waals surface area contributed by atoms with E-state index in [1.54, 1.807) is 6.21 Å². The van der Waals surface area contributed by atoms with Gasteiger partial charge in [0.1, 0.15) is 11.6 Å². The minimum Gasteiger partial charge on any atom is -0.346 e. The Morgan fingerprint density at radius 1 is 1.19 bits per heavy atom. The molecule has 1 saturated heterocycles. The number of rotatable bonds is 2. The average Bonchev–Trinajstić information content (AvgIpc) is 2.96. The molecule has 21 heavy (non-hydrogen) atoms. The average molecular weight is 294 g/mol. The third-order valence-electron chi connectivity index (χ3n) is 4.11. The van der Waals surface area contributed by atoms with Crippen molar-refractivity contribution in [2.45, 2.75) is 25.3 Å². The van der Waals surface area contributed by atoms with Crippen LogP contribution < -0.4 is 5.32 Å². The molecule has 6 heteroatoms. The number of halogens is 2. The van der Waals surface area contributed by atoms with E-state index in [-0.39, 0.29) is 11.8 Å². The first kappa shape index (κ1) is 14.1. The number of piperidine rings is 1. The number of nitrogens with two attached hydrogens (primary N) is 1. The molecule has 3 rings (SSSR count). The summed E-state index contributed by atoms with van der Waals surface area (Å²) in [6.45, 7) is 1.88. The summed E-state index contributed by atoms with van der Waals surface area (Å²) in [5.74, 6) is -1.33. The zero-order valence-electron chi connectivity index (χ0n) is 11.6. The fraction of sp³-hybridized carbons (Fsp3) is 0.467. The van der Waals surface area contributed by atoms with E-state index in [4.69, 9.17) is 0 Å². The number of hydrogen-bond acceptors (Lipinski definition) is 2. The normalized spacial score (nSPS) is 22.8. The number of hydrogen-bond donors (Lipinski definition) is 1. The van der Waals surface area contributed by atoms with Gasteiger partial charge in [-0.1, -0.05) is 0 Å². The van der Waals surface area contributed by atoms with Gasteiger partial charge < -0.3 is 5.32 Å². The van der Waals surface area contributed by atoms with Crippen LogP contribution in [0.15, 0.2) is 23.3 Å². The van der Waals surface area contributed by atoms with Gasteiger partial charge in [-0.3, -0.25) is 4.79 Å². The minimum absolute atomic E-state index is 0.0356. The van der Waals surface area contributed by atoms with Crippen molar-refractivity contribution < 1.29 is 18.9 Å². The molecule has 0 unspecified atom stereocenters. The molecular formula is C15H18F2N3O+. The van der Waals surface area contributed by atoms with Crippen LogP contribution >= 0.6 is 0 Å². The predicted molar refractivity (Wildman–Crippen MR) is 73.4 cm³/mol. The Kier molecular flexibility index (Phi) is 3.96. The van der Waals surface area contributed by atoms with E-state index in [0.29, 0.717) is 12.0 Å². The first-order chi connectivity index (χ1) is 10.1. The highest BCUT2D eigenvalue weighted by Crippen LogP contribution is 2.31. The molecule has 0 aromatic heterocycles. The number of amides is 1. The minimum atomic E-state index is -0.628. The second kappa shape index (κ2) is 5.89. The lowest BCUT2D eigenvalue weighted by Gasteiger charge is -2.27. The van der Waals surface area contributed by atoms with Crippen LogP contribution in [0.3, 0.4) is 0 Å². The number of carbonyl (C=O) groups excluding carboxylic acids is 1. The molecule has 112 valence electrons. The van der Waals surface area contributed by atoms with Crippen molar-refractivity contribution in [3.8, 4) is 0 Å². The topological polar surface area (TPSA) is 49.3 Å². The van der Waals surface area contributed by atoms with Gasteiger partial charge in [0.15, 0.2) is 0 Å². The smallest absolute Gasteiger partial charge is 0.246 e. The fourth-order valence-corrected chi connectivity index (χ4v) is 3.03. The molecule has 0 radical (unpaired) electrons. The van der Waals surface area contributed by atoms with Crippen LogP contribution in [0, 0.1) is 17.6 Å². The Morgan fingerprint density at radius 2 is 1.86 bits per heavy atom. The zero-order chi connectivity index (χ0) is 14.8. The highest BCUT2D eigenvalue weighted by atomic mass is 19.1. The van der Waals surface area contributed by atoms with Gasteiger partial charge in [-0.15, -0.1) is 0 Å². The Balaban J connectivity index is 1.81. The largest absolute Gasteiger partial charge is 0.346 e. The van der Waals surface area contributed by atoms with E-state index >= 15 is 0 Å². The Morgan fingerprint density at radius 3 is 2.52 bits per heavy atom. The lowest BCUT2D eigenvalue weighted by atomic mass is 9.95. The highest BCUT2D eigenvalue weighted by molar-refractivity contribution is 5.82. The molecule has 1 aromatic carbocycles.